The van der Waals surface area contributed by atoms with Crippen LogP contribution in [0.1, 0.15) is 33.6 Å². The summed E-state index contributed by atoms with van der Waals surface area (Å²) in [6.07, 6.45) is 3.96. The zero-order chi connectivity index (χ0) is 11.4. The average molecular weight is 211 g/mol. The lowest BCUT2D eigenvalue weighted by atomic mass is 9.97. The third-order valence-corrected chi connectivity index (χ3v) is 2.98. The Morgan fingerprint density at radius 3 is 2.73 bits per heavy atom. The smallest absolute Gasteiger partial charge is 0.306 e. The lowest BCUT2D eigenvalue weighted by Gasteiger charge is -2.31. The van der Waals surface area contributed by atoms with Crippen LogP contribution in [0.25, 0.3) is 0 Å². The molecule has 0 saturated heterocycles. The van der Waals surface area contributed by atoms with Gasteiger partial charge in [0.05, 0.1) is 5.92 Å². The number of hydrogen-bond donors (Lipinski definition) is 1. The summed E-state index contributed by atoms with van der Waals surface area (Å²) in [5, 5.41) is 8.85. The van der Waals surface area contributed by atoms with Crippen molar-refractivity contribution in [2.24, 2.45) is 5.92 Å². The molecule has 0 bridgehead atoms. The molecule has 0 spiro atoms. The van der Waals surface area contributed by atoms with Gasteiger partial charge in [0.25, 0.3) is 0 Å². The molecular weight excluding hydrogens is 190 g/mol. The molecule has 0 fully saturated rings. The second-order valence-electron chi connectivity index (χ2n) is 4.66. The van der Waals surface area contributed by atoms with Crippen LogP contribution in [0.2, 0.25) is 0 Å². The molecule has 1 heterocycles. The Balaban J connectivity index is 2.49. The fourth-order valence-corrected chi connectivity index (χ4v) is 1.91. The lowest BCUT2D eigenvalue weighted by Crippen LogP contribution is -2.36. The van der Waals surface area contributed by atoms with Crippen molar-refractivity contribution in [2.75, 3.05) is 13.1 Å². The van der Waals surface area contributed by atoms with Crippen molar-refractivity contribution in [3.05, 3.63) is 11.6 Å². The number of rotatable bonds is 4. The van der Waals surface area contributed by atoms with Gasteiger partial charge in [0, 0.05) is 19.1 Å². The molecule has 0 amide bonds. The van der Waals surface area contributed by atoms with E-state index in [4.69, 9.17) is 5.11 Å². The SMILES string of the molecule is CC(CC1=CCCN(C(C)C)C1)C(=O)O. The van der Waals surface area contributed by atoms with Crippen molar-refractivity contribution in [2.45, 2.75) is 39.7 Å². The Morgan fingerprint density at radius 1 is 1.53 bits per heavy atom. The quantitative estimate of drug-likeness (QED) is 0.724. The van der Waals surface area contributed by atoms with E-state index in [-0.39, 0.29) is 5.92 Å². The Bertz CT molecular complexity index is 258. The van der Waals surface area contributed by atoms with Gasteiger partial charge in [0.1, 0.15) is 0 Å². The second kappa shape index (κ2) is 5.31. The van der Waals surface area contributed by atoms with Crippen LogP contribution in [0.15, 0.2) is 11.6 Å². The molecule has 3 nitrogen and oxygen atoms in total. The molecule has 1 aliphatic heterocycles. The Hall–Kier alpha value is -0.830. The minimum atomic E-state index is -0.697. The number of carbonyl (C=O) groups is 1. The summed E-state index contributed by atoms with van der Waals surface area (Å²) >= 11 is 0. The molecule has 15 heavy (non-hydrogen) atoms. The van der Waals surface area contributed by atoms with Crippen LogP contribution in [-0.4, -0.2) is 35.1 Å². The van der Waals surface area contributed by atoms with Gasteiger partial charge in [0.15, 0.2) is 0 Å². The standard InChI is InChI=1S/C12H21NO2/c1-9(2)13-6-4-5-11(8-13)7-10(3)12(14)15/h5,9-10H,4,6-8H2,1-3H3,(H,14,15). The molecule has 0 aromatic heterocycles. The monoisotopic (exact) mass is 211 g/mol. The van der Waals surface area contributed by atoms with Gasteiger partial charge in [-0.2, -0.15) is 0 Å². The van der Waals surface area contributed by atoms with Crippen LogP contribution in [0.3, 0.4) is 0 Å². The van der Waals surface area contributed by atoms with E-state index in [0.717, 1.165) is 19.5 Å². The maximum absolute atomic E-state index is 10.7. The fraction of sp³-hybridized carbons (Fsp3) is 0.750. The van der Waals surface area contributed by atoms with Crippen LogP contribution < -0.4 is 0 Å². The molecule has 3 heteroatoms. The third kappa shape index (κ3) is 3.67. The van der Waals surface area contributed by atoms with Crippen molar-refractivity contribution in [1.29, 1.82) is 0 Å². The van der Waals surface area contributed by atoms with Crippen LogP contribution >= 0.6 is 0 Å². The number of hydrogen-bond acceptors (Lipinski definition) is 2. The molecule has 0 aliphatic carbocycles. The normalized spacial score (nSPS) is 20.1. The number of nitrogens with zero attached hydrogens (tertiary/aromatic N) is 1. The van der Waals surface area contributed by atoms with Crippen molar-refractivity contribution in [3.63, 3.8) is 0 Å². The van der Waals surface area contributed by atoms with Gasteiger partial charge in [-0.15, -0.1) is 0 Å². The van der Waals surface area contributed by atoms with Crippen molar-refractivity contribution in [3.8, 4) is 0 Å². The largest absolute Gasteiger partial charge is 0.481 e. The predicted molar refractivity (Wildman–Crippen MR) is 60.8 cm³/mol. The highest BCUT2D eigenvalue weighted by Gasteiger charge is 2.19. The van der Waals surface area contributed by atoms with Crippen LogP contribution in [0, 0.1) is 5.92 Å². The summed E-state index contributed by atoms with van der Waals surface area (Å²) in [5.74, 6) is -0.957. The highest BCUT2D eigenvalue weighted by Crippen LogP contribution is 2.19. The maximum atomic E-state index is 10.7. The van der Waals surface area contributed by atoms with E-state index in [1.54, 1.807) is 6.92 Å². The zero-order valence-electron chi connectivity index (χ0n) is 9.86. The maximum Gasteiger partial charge on any atom is 0.306 e. The first-order valence-corrected chi connectivity index (χ1v) is 5.65. The molecule has 1 aliphatic rings. The average Bonchev–Trinajstić information content (AvgIpc) is 2.18. The summed E-state index contributed by atoms with van der Waals surface area (Å²) in [6.45, 7) is 8.18. The van der Waals surface area contributed by atoms with E-state index < -0.39 is 5.97 Å². The van der Waals surface area contributed by atoms with Gasteiger partial charge >= 0.3 is 5.97 Å². The molecule has 0 aromatic rings. The molecule has 1 unspecified atom stereocenters. The molecule has 0 radical (unpaired) electrons. The topological polar surface area (TPSA) is 40.5 Å². The van der Waals surface area contributed by atoms with E-state index in [2.05, 4.69) is 24.8 Å². The highest BCUT2D eigenvalue weighted by molar-refractivity contribution is 5.69. The first-order chi connectivity index (χ1) is 7.00. The van der Waals surface area contributed by atoms with Crippen LogP contribution in [-0.2, 0) is 4.79 Å². The van der Waals surface area contributed by atoms with E-state index in [1.807, 2.05) is 0 Å². The van der Waals surface area contributed by atoms with Crippen molar-refractivity contribution >= 4 is 5.97 Å². The number of aliphatic carboxylic acids is 1. The highest BCUT2D eigenvalue weighted by atomic mass is 16.4. The summed E-state index contributed by atoms with van der Waals surface area (Å²) in [4.78, 5) is 13.1. The van der Waals surface area contributed by atoms with Gasteiger partial charge < -0.3 is 5.11 Å². The van der Waals surface area contributed by atoms with E-state index in [1.165, 1.54) is 5.57 Å². The van der Waals surface area contributed by atoms with E-state index in [9.17, 15) is 4.79 Å². The summed E-state index contributed by atoms with van der Waals surface area (Å²) < 4.78 is 0. The molecule has 0 saturated carbocycles. The Labute approximate surface area is 91.8 Å². The molecule has 1 N–H and O–H groups in total. The summed E-state index contributed by atoms with van der Waals surface area (Å²) in [7, 11) is 0. The summed E-state index contributed by atoms with van der Waals surface area (Å²) in [5.41, 5.74) is 1.28. The minimum Gasteiger partial charge on any atom is -0.481 e. The van der Waals surface area contributed by atoms with Gasteiger partial charge in [0.2, 0.25) is 0 Å². The van der Waals surface area contributed by atoms with Gasteiger partial charge in [-0.3, -0.25) is 9.69 Å². The van der Waals surface area contributed by atoms with Crippen molar-refractivity contribution < 1.29 is 9.90 Å². The van der Waals surface area contributed by atoms with E-state index >= 15 is 0 Å². The summed E-state index contributed by atoms with van der Waals surface area (Å²) in [6, 6.07) is 0.550. The predicted octanol–water partition coefficient (Wildman–Crippen LogP) is 2.14. The van der Waals surface area contributed by atoms with Crippen molar-refractivity contribution in [1.82, 2.24) is 4.90 Å². The molecule has 1 rings (SSSR count). The fourth-order valence-electron chi connectivity index (χ4n) is 1.91. The molecular formula is C12H21NO2. The Morgan fingerprint density at radius 2 is 2.20 bits per heavy atom. The van der Waals surface area contributed by atoms with E-state index in [0.29, 0.717) is 12.5 Å². The van der Waals surface area contributed by atoms with Gasteiger partial charge in [-0.25, -0.2) is 0 Å². The first kappa shape index (κ1) is 12.2. The number of carboxylic acid groups (broad SMARTS) is 1. The Kier molecular flexibility index (Phi) is 4.33. The lowest BCUT2D eigenvalue weighted by molar-refractivity contribution is -0.141. The second-order valence-corrected chi connectivity index (χ2v) is 4.66. The molecule has 0 aromatic carbocycles. The molecule has 1 atom stereocenters. The zero-order valence-corrected chi connectivity index (χ0v) is 9.86. The minimum absolute atomic E-state index is 0.261. The molecule has 86 valence electrons. The van der Waals surface area contributed by atoms with Crippen LogP contribution in [0.5, 0.6) is 0 Å². The number of carboxylic acids is 1. The van der Waals surface area contributed by atoms with Gasteiger partial charge in [-0.1, -0.05) is 18.6 Å². The van der Waals surface area contributed by atoms with Crippen LogP contribution in [0.4, 0.5) is 0 Å². The first-order valence-electron chi connectivity index (χ1n) is 5.65. The van der Waals surface area contributed by atoms with Gasteiger partial charge in [-0.05, 0) is 26.7 Å². The third-order valence-electron chi connectivity index (χ3n) is 2.98.